The largest absolute Gasteiger partial charge is 0.350 e. The zero-order valence-electron chi connectivity index (χ0n) is 12.6. The molecule has 21 heavy (non-hydrogen) atoms. The summed E-state index contributed by atoms with van der Waals surface area (Å²) in [6.07, 6.45) is 0. The molecule has 0 saturated carbocycles. The molecule has 1 heterocycles. The van der Waals surface area contributed by atoms with Crippen molar-refractivity contribution in [2.24, 2.45) is 0 Å². The highest BCUT2D eigenvalue weighted by Crippen LogP contribution is 2.24. The lowest BCUT2D eigenvalue weighted by atomic mass is 10.1. The second-order valence-electron chi connectivity index (χ2n) is 6.08. The van der Waals surface area contributed by atoms with Crippen LogP contribution in [0, 0.1) is 3.57 Å². The van der Waals surface area contributed by atoms with E-state index in [4.69, 9.17) is 11.6 Å². The number of benzene rings is 1. The van der Waals surface area contributed by atoms with E-state index in [0.717, 1.165) is 14.6 Å². The van der Waals surface area contributed by atoms with Gasteiger partial charge in [0.25, 0.3) is 0 Å². The summed E-state index contributed by atoms with van der Waals surface area (Å²) in [7, 11) is 0. The van der Waals surface area contributed by atoms with Crippen molar-refractivity contribution in [1.29, 1.82) is 0 Å². The number of nitrogens with zero attached hydrogens (tertiary/aromatic N) is 2. The van der Waals surface area contributed by atoms with Crippen LogP contribution in [0.1, 0.15) is 39.6 Å². The minimum atomic E-state index is -0.358. The minimum Gasteiger partial charge on any atom is -0.350 e. The molecule has 2 rings (SSSR count). The van der Waals surface area contributed by atoms with Crippen LogP contribution in [0.25, 0.3) is 11.0 Å². The molecule has 114 valence electrons. The Morgan fingerprint density at radius 1 is 1.48 bits per heavy atom. The van der Waals surface area contributed by atoms with Crippen LogP contribution in [0.3, 0.4) is 0 Å². The molecule has 1 atom stereocenters. The monoisotopic (exact) mass is 419 g/mol. The zero-order chi connectivity index (χ0) is 15.8. The Balaban J connectivity index is 2.47. The Hall–Kier alpha value is -0.820. The first-order valence-electron chi connectivity index (χ1n) is 6.77. The SMILES string of the molecule is CC(C(=O)NC(C)(C)C)n1c(CCl)nc2cc(I)ccc21. The molecule has 1 amide bonds. The zero-order valence-corrected chi connectivity index (χ0v) is 15.5. The van der Waals surface area contributed by atoms with Crippen molar-refractivity contribution < 1.29 is 4.79 Å². The Bertz CT molecular complexity index is 675. The summed E-state index contributed by atoms with van der Waals surface area (Å²) in [4.78, 5) is 17.0. The highest BCUT2D eigenvalue weighted by Gasteiger charge is 2.24. The Morgan fingerprint density at radius 2 is 2.14 bits per heavy atom. The standard InChI is InChI=1S/C15H19ClIN3O/c1-9(14(21)19-15(2,3)4)20-12-6-5-10(17)7-11(12)18-13(20)8-16/h5-7,9H,8H2,1-4H3,(H,19,21). The number of rotatable bonds is 3. The van der Waals surface area contributed by atoms with Crippen molar-refractivity contribution in [2.75, 3.05) is 0 Å². The Kier molecular flexibility index (Phi) is 4.82. The number of halogens is 2. The summed E-state index contributed by atoms with van der Waals surface area (Å²) in [6.45, 7) is 7.77. The van der Waals surface area contributed by atoms with Crippen LogP contribution in [0.5, 0.6) is 0 Å². The second kappa shape index (κ2) is 6.12. The van der Waals surface area contributed by atoms with Gasteiger partial charge in [-0.25, -0.2) is 4.98 Å². The van der Waals surface area contributed by atoms with E-state index in [-0.39, 0.29) is 23.4 Å². The van der Waals surface area contributed by atoms with Gasteiger partial charge in [-0.3, -0.25) is 4.79 Å². The number of amides is 1. The number of nitrogens with one attached hydrogen (secondary N) is 1. The molecule has 1 aromatic carbocycles. The summed E-state index contributed by atoms with van der Waals surface area (Å²) >= 11 is 8.26. The molecule has 4 nitrogen and oxygen atoms in total. The smallest absolute Gasteiger partial charge is 0.243 e. The maximum atomic E-state index is 12.4. The molecule has 6 heteroatoms. The maximum Gasteiger partial charge on any atom is 0.243 e. The van der Waals surface area contributed by atoms with Gasteiger partial charge in [-0.2, -0.15) is 0 Å². The normalized spacial score (nSPS) is 13.4. The average molecular weight is 420 g/mol. The maximum absolute atomic E-state index is 12.4. The van der Waals surface area contributed by atoms with Gasteiger partial charge in [0.15, 0.2) is 0 Å². The highest BCUT2D eigenvalue weighted by molar-refractivity contribution is 14.1. The van der Waals surface area contributed by atoms with E-state index >= 15 is 0 Å². The van der Waals surface area contributed by atoms with Gasteiger partial charge in [-0.1, -0.05) is 0 Å². The van der Waals surface area contributed by atoms with Crippen LogP contribution in [0.4, 0.5) is 0 Å². The van der Waals surface area contributed by atoms with Crippen LogP contribution in [-0.4, -0.2) is 21.0 Å². The fraction of sp³-hybridized carbons (Fsp3) is 0.467. The molecule has 0 aliphatic rings. The molecule has 0 saturated heterocycles. The minimum absolute atomic E-state index is 0.0354. The number of aromatic nitrogens is 2. The number of hydrogen-bond donors (Lipinski definition) is 1. The predicted molar refractivity (Wildman–Crippen MR) is 94.6 cm³/mol. The molecule has 0 aliphatic carbocycles. The first-order chi connectivity index (χ1) is 9.73. The third kappa shape index (κ3) is 3.69. The summed E-state index contributed by atoms with van der Waals surface area (Å²) < 4.78 is 3.03. The van der Waals surface area contributed by atoms with Crippen molar-refractivity contribution in [1.82, 2.24) is 14.9 Å². The topological polar surface area (TPSA) is 46.9 Å². The molecule has 0 aliphatic heterocycles. The van der Waals surface area contributed by atoms with Crippen molar-refractivity contribution in [2.45, 2.75) is 45.2 Å². The van der Waals surface area contributed by atoms with Crippen LogP contribution in [-0.2, 0) is 10.7 Å². The third-order valence-corrected chi connectivity index (χ3v) is 4.02. The van der Waals surface area contributed by atoms with E-state index in [0.29, 0.717) is 5.82 Å². The van der Waals surface area contributed by atoms with Crippen LogP contribution in [0.15, 0.2) is 18.2 Å². The van der Waals surface area contributed by atoms with Crippen LogP contribution >= 0.6 is 34.2 Å². The van der Waals surface area contributed by atoms with Gasteiger partial charge in [-0.05, 0) is 68.5 Å². The number of alkyl halides is 1. The molecule has 1 aromatic heterocycles. The lowest BCUT2D eigenvalue weighted by Crippen LogP contribution is -2.44. The van der Waals surface area contributed by atoms with Gasteiger partial charge in [0.05, 0.1) is 16.9 Å². The molecule has 1 N–H and O–H groups in total. The van der Waals surface area contributed by atoms with Crippen molar-refractivity contribution >= 4 is 51.1 Å². The van der Waals surface area contributed by atoms with Gasteiger partial charge in [0.2, 0.25) is 5.91 Å². The lowest BCUT2D eigenvalue weighted by molar-refractivity contribution is -0.125. The summed E-state index contributed by atoms with van der Waals surface area (Å²) in [6, 6.07) is 5.63. The van der Waals surface area contributed by atoms with E-state index in [9.17, 15) is 4.79 Å². The van der Waals surface area contributed by atoms with E-state index < -0.39 is 0 Å². The number of carbonyl (C=O) groups excluding carboxylic acids is 1. The van der Waals surface area contributed by atoms with E-state index in [1.165, 1.54) is 0 Å². The predicted octanol–water partition coefficient (Wildman–Crippen LogP) is 3.86. The van der Waals surface area contributed by atoms with Crippen molar-refractivity contribution in [3.8, 4) is 0 Å². The molecule has 0 spiro atoms. The van der Waals surface area contributed by atoms with Crippen molar-refractivity contribution in [3.63, 3.8) is 0 Å². The summed E-state index contributed by atoms with van der Waals surface area (Å²) in [5.41, 5.74) is 1.54. The van der Waals surface area contributed by atoms with Gasteiger partial charge < -0.3 is 9.88 Å². The first kappa shape index (κ1) is 16.5. The molecular formula is C15H19ClIN3O. The fourth-order valence-electron chi connectivity index (χ4n) is 2.24. The molecule has 0 radical (unpaired) electrons. The first-order valence-corrected chi connectivity index (χ1v) is 8.38. The number of imidazole rings is 1. The van der Waals surface area contributed by atoms with E-state index in [1.54, 1.807) is 0 Å². The molecular weight excluding hydrogens is 401 g/mol. The Labute approximate surface area is 143 Å². The number of carbonyl (C=O) groups is 1. The van der Waals surface area contributed by atoms with Gasteiger partial charge in [0, 0.05) is 9.11 Å². The molecule has 1 unspecified atom stereocenters. The van der Waals surface area contributed by atoms with Gasteiger partial charge in [0.1, 0.15) is 11.9 Å². The van der Waals surface area contributed by atoms with Crippen molar-refractivity contribution in [3.05, 3.63) is 27.6 Å². The molecule has 2 aromatic rings. The summed E-state index contributed by atoms with van der Waals surface area (Å²) in [5, 5.41) is 3.00. The third-order valence-electron chi connectivity index (χ3n) is 3.11. The van der Waals surface area contributed by atoms with Gasteiger partial charge >= 0.3 is 0 Å². The highest BCUT2D eigenvalue weighted by atomic mass is 127. The van der Waals surface area contributed by atoms with E-state index in [2.05, 4.69) is 32.9 Å². The lowest BCUT2D eigenvalue weighted by Gasteiger charge is -2.24. The van der Waals surface area contributed by atoms with E-state index in [1.807, 2.05) is 50.5 Å². The summed E-state index contributed by atoms with van der Waals surface area (Å²) in [5.74, 6) is 0.954. The number of hydrogen-bond acceptors (Lipinski definition) is 2. The van der Waals surface area contributed by atoms with Crippen LogP contribution in [0.2, 0.25) is 0 Å². The average Bonchev–Trinajstić information content (AvgIpc) is 2.73. The Morgan fingerprint density at radius 3 is 2.71 bits per heavy atom. The second-order valence-corrected chi connectivity index (χ2v) is 7.59. The quantitative estimate of drug-likeness (QED) is 0.607. The molecule has 0 bridgehead atoms. The number of fused-ring (bicyclic) bond motifs is 1. The fourth-order valence-corrected chi connectivity index (χ4v) is 2.90. The van der Waals surface area contributed by atoms with Gasteiger partial charge in [-0.15, -0.1) is 11.6 Å². The van der Waals surface area contributed by atoms with Crippen LogP contribution < -0.4 is 5.32 Å². The molecule has 0 fully saturated rings.